The normalized spacial score (nSPS) is 12.4. The van der Waals surface area contributed by atoms with E-state index in [0.29, 0.717) is 12.1 Å². The van der Waals surface area contributed by atoms with Crippen molar-refractivity contribution in [2.75, 3.05) is 6.54 Å². The molecule has 0 radical (unpaired) electrons. The van der Waals surface area contributed by atoms with Gasteiger partial charge in [0.15, 0.2) is 0 Å². The molecule has 1 unspecified atom stereocenters. The topological polar surface area (TPSA) is 12.0 Å². The highest BCUT2D eigenvalue weighted by Gasteiger charge is 2.18. The minimum absolute atomic E-state index is 0.325. The predicted molar refractivity (Wildman–Crippen MR) is 83.7 cm³/mol. The summed E-state index contributed by atoms with van der Waals surface area (Å²) in [7, 11) is 0. The predicted octanol–water partition coefficient (Wildman–Crippen LogP) is 5.19. The third-order valence-electron chi connectivity index (χ3n) is 2.90. The van der Waals surface area contributed by atoms with Crippen LogP contribution in [0.3, 0.4) is 0 Å². The molecule has 0 spiro atoms. The van der Waals surface area contributed by atoms with Crippen LogP contribution < -0.4 is 5.32 Å². The van der Waals surface area contributed by atoms with E-state index < -0.39 is 11.6 Å². The lowest BCUT2D eigenvalue weighted by Crippen LogP contribution is -2.23. The third-order valence-corrected chi connectivity index (χ3v) is 3.82. The summed E-state index contributed by atoms with van der Waals surface area (Å²) < 4.78 is 28.9. The molecule has 0 aliphatic carbocycles. The molecule has 0 fully saturated rings. The summed E-state index contributed by atoms with van der Waals surface area (Å²) in [6.07, 6.45) is 0. The van der Waals surface area contributed by atoms with Crippen molar-refractivity contribution >= 4 is 31.9 Å². The molecular formula is C15H13Br2F2N. The van der Waals surface area contributed by atoms with Crippen LogP contribution in [-0.4, -0.2) is 6.54 Å². The van der Waals surface area contributed by atoms with Crippen LogP contribution in [0.1, 0.15) is 24.1 Å². The molecule has 2 aromatic rings. The standard InChI is InChI=1S/C15H13Br2F2N/c1-2-20-15(9-5-10(16)7-11(17)6-9)13-4-3-12(18)8-14(13)19/h3-8,15,20H,2H2,1H3. The molecule has 0 amide bonds. The molecule has 106 valence electrons. The maximum Gasteiger partial charge on any atom is 0.131 e. The van der Waals surface area contributed by atoms with Gasteiger partial charge in [0.1, 0.15) is 11.6 Å². The fourth-order valence-electron chi connectivity index (χ4n) is 2.09. The van der Waals surface area contributed by atoms with E-state index in [-0.39, 0.29) is 6.04 Å². The SMILES string of the molecule is CCNC(c1cc(Br)cc(Br)c1)c1ccc(F)cc1F. The van der Waals surface area contributed by atoms with Crippen LogP contribution in [0.25, 0.3) is 0 Å². The van der Waals surface area contributed by atoms with Gasteiger partial charge in [0.25, 0.3) is 0 Å². The van der Waals surface area contributed by atoms with Crippen molar-refractivity contribution in [1.82, 2.24) is 5.32 Å². The summed E-state index contributed by atoms with van der Waals surface area (Å²) in [5.41, 5.74) is 1.33. The largest absolute Gasteiger partial charge is 0.306 e. The van der Waals surface area contributed by atoms with E-state index in [0.717, 1.165) is 20.6 Å². The Morgan fingerprint density at radius 3 is 2.25 bits per heavy atom. The van der Waals surface area contributed by atoms with Crippen molar-refractivity contribution in [3.63, 3.8) is 0 Å². The Bertz CT molecular complexity index is 597. The van der Waals surface area contributed by atoms with Crippen molar-refractivity contribution < 1.29 is 8.78 Å². The Morgan fingerprint density at radius 1 is 1.05 bits per heavy atom. The lowest BCUT2D eigenvalue weighted by Gasteiger charge is -2.20. The Balaban J connectivity index is 2.49. The van der Waals surface area contributed by atoms with Crippen molar-refractivity contribution in [1.29, 1.82) is 0 Å². The van der Waals surface area contributed by atoms with Crippen molar-refractivity contribution in [3.8, 4) is 0 Å². The molecule has 1 atom stereocenters. The van der Waals surface area contributed by atoms with Crippen LogP contribution in [0.4, 0.5) is 8.78 Å². The number of benzene rings is 2. The number of hydrogen-bond acceptors (Lipinski definition) is 1. The number of nitrogens with one attached hydrogen (secondary N) is 1. The average molecular weight is 405 g/mol. The summed E-state index contributed by atoms with van der Waals surface area (Å²) in [5.74, 6) is -1.12. The van der Waals surface area contributed by atoms with Gasteiger partial charge in [-0.25, -0.2) is 8.78 Å². The maximum absolute atomic E-state index is 14.0. The molecule has 0 aliphatic heterocycles. The number of hydrogen-bond donors (Lipinski definition) is 1. The minimum Gasteiger partial charge on any atom is -0.306 e. The molecule has 0 saturated carbocycles. The van der Waals surface area contributed by atoms with E-state index in [1.165, 1.54) is 12.1 Å². The Kier molecular flexibility index (Phi) is 5.29. The van der Waals surface area contributed by atoms with Crippen LogP contribution in [0, 0.1) is 11.6 Å². The first-order chi connectivity index (χ1) is 9.51. The van der Waals surface area contributed by atoms with Gasteiger partial charge in [0, 0.05) is 20.6 Å². The zero-order valence-electron chi connectivity index (χ0n) is 10.8. The van der Waals surface area contributed by atoms with Crippen LogP contribution >= 0.6 is 31.9 Å². The maximum atomic E-state index is 14.0. The van der Waals surface area contributed by atoms with E-state index in [2.05, 4.69) is 37.2 Å². The summed E-state index contributed by atoms with van der Waals surface area (Å²) in [6.45, 7) is 2.62. The zero-order valence-corrected chi connectivity index (χ0v) is 13.9. The fraction of sp³-hybridized carbons (Fsp3) is 0.200. The molecule has 20 heavy (non-hydrogen) atoms. The van der Waals surface area contributed by atoms with Gasteiger partial charge < -0.3 is 5.32 Å². The van der Waals surface area contributed by atoms with E-state index in [1.807, 2.05) is 25.1 Å². The molecule has 2 rings (SSSR count). The smallest absolute Gasteiger partial charge is 0.131 e. The average Bonchev–Trinajstić information content (AvgIpc) is 2.35. The molecule has 0 heterocycles. The van der Waals surface area contributed by atoms with Crippen LogP contribution in [0.15, 0.2) is 45.3 Å². The van der Waals surface area contributed by atoms with E-state index in [4.69, 9.17) is 0 Å². The molecule has 0 aliphatic rings. The molecule has 1 nitrogen and oxygen atoms in total. The lowest BCUT2D eigenvalue weighted by atomic mass is 9.98. The molecule has 1 N–H and O–H groups in total. The molecule has 2 aromatic carbocycles. The van der Waals surface area contributed by atoms with E-state index in [9.17, 15) is 8.78 Å². The summed E-state index contributed by atoms with van der Waals surface area (Å²) in [6, 6.07) is 9.08. The highest BCUT2D eigenvalue weighted by Crippen LogP contribution is 2.29. The van der Waals surface area contributed by atoms with Gasteiger partial charge in [-0.2, -0.15) is 0 Å². The van der Waals surface area contributed by atoms with Gasteiger partial charge in [0.2, 0.25) is 0 Å². The van der Waals surface area contributed by atoms with Crippen molar-refractivity contribution in [3.05, 3.63) is 68.1 Å². The zero-order chi connectivity index (χ0) is 14.7. The highest BCUT2D eigenvalue weighted by atomic mass is 79.9. The quantitative estimate of drug-likeness (QED) is 0.739. The fourth-order valence-corrected chi connectivity index (χ4v) is 3.42. The second-order valence-electron chi connectivity index (χ2n) is 4.36. The second-order valence-corrected chi connectivity index (χ2v) is 6.19. The van der Waals surface area contributed by atoms with Gasteiger partial charge >= 0.3 is 0 Å². The van der Waals surface area contributed by atoms with E-state index >= 15 is 0 Å². The molecule has 0 aromatic heterocycles. The summed E-state index contributed by atoms with van der Waals surface area (Å²) >= 11 is 6.85. The summed E-state index contributed by atoms with van der Waals surface area (Å²) in [5, 5.41) is 3.23. The number of rotatable bonds is 4. The Hall–Kier alpha value is -0.780. The first-order valence-corrected chi connectivity index (χ1v) is 7.74. The molecule has 5 heteroatoms. The minimum atomic E-state index is -0.572. The van der Waals surface area contributed by atoms with Gasteiger partial charge in [-0.05, 0) is 36.4 Å². The third kappa shape index (κ3) is 3.65. The van der Waals surface area contributed by atoms with Gasteiger partial charge in [-0.3, -0.25) is 0 Å². The molecule has 0 bridgehead atoms. The summed E-state index contributed by atoms with van der Waals surface area (Å²) in [4.78, 5) is 0. The first-order valence-electron chi connectivity index (χ1n) is 6.15. The Morgan fingerprint density at radius 2 is 1.70 bits per heavy atom. The second kappa shape index (κ2) is 6.78. The first kappa shape index (κ1) is 15.6. The van der Waals surface area contributed by atoms with E-state index in [1.54, 1.807) is 0 Å². The monoisotopic (exact) mass is 403 g/mol. The van der Waals surface area contributed by atoms with Gasteiger partial charge in [0.05, 0.1) is 6.04 Å². The molecular weight excluding hydrogens is 392 g/mol. The van der Waals surface area contributed by atoms with Gasteiger partial charge in [-0.15, -0.1) is 0 Å². The van der Waals surface area contributed by atoms with Gasteiger partial charge in [-0.1, -0.05) is 44.8 Å². The molecule has 0 saturated heterocycles. The van der Waals surface area contributed by atoms with Crippen LogP contribution in [0.2, 0.25) is 0 Å². The lowest BCUT2D eigenvalue weighted by molar-refractivity contribution is 0.541. The van der Waals surface area contributed by atoms with Crippen LogP contribution in [-0.2, 0) is 0 Å². The number of halogens is 4. The Labute approximate surface area is 133 Å². The van der Waals surface area contributed by atoms with Crippen LogP contribution in [0.5, 0.6) is 0 Å². The van der Waals surface area contributed by atoms with Crippen molar-refractivity contribution in [2.24, 2.45) is 0 Å². The van der Waals surface area contributed by atoms with Crippen molar-refractivity contribution in [2.45, 2.75) is 13.0 Å². The highest BCUT2D eigenvalue weighted by molar-refractivity contribution is 9.11.